The topological polar surface area (TPSA) is 116 Å². The lowest BCUT2D eigenvalue weighted by Gasteiger charge is -2.39. The number of rotatable bonds is 3. The van der Waals surface area contributed by atoms with Crippen molar-refractivity contribution in [2.75, 3.05) is 12.3 Å². The molecule has 19 heavy (non-hydrogen) atoms. The van der Waals surface area contributed by atoms with E-state index in [0.717, 1.165) is 4.90 Å². The lowest BCUT2D eigenvalue weighted by molar-refractivity contribution is -0.205. The first kappa shape index (κ1) is 14.6. The number of hydrogen-bond donors (Lipinski definition) is 5. The van der Waals surface area contributed by atoms with Gasteiger partial charge in [0.2, 0.25) is 0 Å². The summed E-state index contributed by atoms with van der Waals surface area (Å²) in [4.78, 5) is 0.804. The Balaban J connectivity index is 2.08. The van der Waals surface area contributed by atoms with Crippen molar-refractivity contribution in [3.05, 3.63) is 24.3 Å². The van der Waals surface area contributed by atoms with Crippen molar-refractivity contribution in [2.45, 2.75) is 34.7 Å². The summed E-state index contributed by atoms with van der Waals surface area (Å²) in [6.07, 6.45) is -4.80. The second-order valence-electron chi connectivity index (χ2n) is 4.38. The number of thioether (sulfide) groups is 1. The van der Waals surface area contributed by atoms with Crippen LogP contribution in [-0.2, 0) is 4.74 Å². The minimum atomic E-state index is -1.35. The number of ether oxygens (including phenoxy) is 1. The van der Waals surface area contributed by atoms with E-state index in [-0.39, 0.29) is 0 Å². The average molecular weight is 287 g/mol. The number of benzene rings is 1. The Bertz CT molecular complexity index is 413. The van der Waals surface area contributed by atoms with Gasteiger partial charge in [0.15, 0.2) is 0 Å². The first-order valence-corrected chi connectivity index (χ1v) is 6.73. The molecule has 2 unspecified atom stereocenters. The van der Waals surface area contributed by atoms with Gasteiger partial charge in [-0.25, -0.2) is 0 Å². The lowest BCUT2D eigenvalue weighted by atomic mass is 10.0. The van der Waals surface area contributed by atoms with E-state index in [0.29, 0.717) is 5.69 Å². The molecule has 1 aliphatic heterocycles. The molecule has 1 aromatic carbocycles. The Kier molecular flexibility index (Phi) is 4.67. The number of nitrogens with two attached hydrogens (primary N) is 1. The van der Waals surface area contributed by atoms with E-state index in [9.17, 15) is 15.3 Å². The van der Waals surface area contributed by atoms with Crippen LogP contribution in [0, 0.1) is 0 Å². The molecule has 0 bridgehead atoms. The molecule has 0 aliphatic carbocycles. The van der Waals surface area contributed by atoms with Gasteiger partial charge in [0.25, 0.3) is 0 Å². The minimum Gasteiger partial charge on any atom is -0.399 e. The number of hydrogen-bond acceptors (Lipinski definition) is 7. The number of aliphatic hydroxyl groups is 4. The molecular weight excluding hydrogens is 270 g/mol. The van der Waals surface area contributed by atoms with Crippen molar-refractivity contribution < 1.29 is 25.2 Å². The van der Waals surface area contributed by atoms with Crippen LogP contribution in [0.5, 0.6) is 0 Å². The Morgan fingerprint density at radius 2 is 1.68 bits per heavy atom. The minimum absolute atomic E-state index is 0.427. The Labute approximate surface area is 114 Å². The van der Waals surface area contributed by atoms with E-state index in [2.05, 4.69) is 0 Å². The molecular formula is C12H17NO5S. The molecule has 0 saturated carbocycles. The molecule has 1 aliphatic rings. The van der Waals surface area contributed by atoms with Crippen LogP contribution < -0.4 is 5.73 Å². The van der Waals surface area contributed by atoms with Gasteiger partial charge in [-0.05, 0) is 24.3 Å². The van der Waals surface area contributed by atoms with Crippen LogP contribution in [0.2, 0.25) is 0 Å². The van der Waals surface area contributed by atoms with Crippen LogP contribution >= 0.6 is 11.8 Å². The van der Waals surface area contributed by atoms with Gasteiger partial charge in [-0.3, -0.25) is 0 Å². The second-order valence-corrected chi connectivity index (χ2v) is 5.56. The number of nitrogen functional groups attached to an aromatic ring is 1. The summed E-state index contributed by atoms with van der Waals surface area (Å²) in [5.41, 5.74) is 5.43. The fraction of sp³-hybridized carbons (Fsp3) is 0.500. The third-order valence-electron chi connectivity index (χ3n) is 2.98. The summed E-state index contributed by atoms with van der Waals surface area (Å²) in [5.74, 6) is 0. The first-order chi connectivity index (χ1) is 9.02. The maximum atomic E-state index is 9.87. The zero-order chi connectivity index (χ0) is 14.0. The van der Waals surface area contributed by atoms with Gasteiger partial charge < -0.3 is 30.9 Å². The molecule has 6 N–H and O–H groups in total. The normalized spacial score (nSPS) is 35.3. The van der Waals surface area contributed by atoms with Crippen molar-refractivity contribution in [2.24, 2.45) is 0 Å². The number of aliphatic hydroxyl groups excluding tert-OH is 4. The summed E-state index contributed by atoms with van der Waals surface area (Å²) < 4.78 is 5.39. The summed E-state index contributed by atoms with van der Waals surface area (Å²) in [5, 5.41) is 38.3. The largest absolute Gasteiger partial charge is 0.399 e. The molecule has 0 radical (unpaired) electrons. The molecule has 1 saturated heterocycles. The quantitative estimate of drug-likeness (QED) is 0.460. The van der Waals surface area contributed by atoms with Gasteiger partial charge in [-0.15, -0.1) is 0 Å². The van der Waals surface area contributed by atoms with Gasteiger partial charge in [0.05, 0.1) is 6.61 Å². The molecule has 0 amide bonds. The van der Waals surface area contributed by atoms with Crippen LogP contribution in [-0.4, -0.2) is 56.9 Å². The van der Waals surface area contributed by atoms with Gasteiger partial charge in [0, 0.05) is 10.6 Å². The van der Waals surface area contributed by atoms with E-state index in [1.165, 1.54) is 11.8 Å². The molecule has 5 atom stereocenters. The zero-order valence-corrected chi connectivity index (χ0v) is 10.9. The van der Waals surface area contributed by atoms with E-state index in [1.807, 2.05) is 0 Å². The average Bonchev–Trinajstić information content (AvgIpc) is 2.42. The van der Waals surface area contributed by atoms with Gasteiger partial charge in [0.1, 0.15) is 29.9 Å². The second kappa shape index (κ2) is 6.08. The third kappa shape index (κ3) is 3.19. The molecule has 6 nitrogen and oxygen atoms in total. The Morgan fingerprint density at radius 1 is 1.05 bits per heavy atom. The smallest absolute Gasteiger partial charge is 0.136 e. The van der Waals surface area contributed by atoms with Crippen LogP contribution in [0.3, 0.4) is 0 Å². The van der Waals surface area contributed by atoms with Crippen molar-refractivity contribution in [1.82, 2.24) is 0 Å². The maximum absolute atomic E-state index is 9.87. The molecule has 0 aromatic heterocycles. The zero-order valence-electron chi connectivity index (χ0n) is 10.1. The fourth-order valence-electron chi connectivity index (χ4n) is 1.85. The van der Waals surface area contributed by atoms with Gasteiger partial charge in [-0.1, -0.05) is 11.8 Å². The van der Waals surface area contributed by atoms with Crippen LogP contribution in [0.15, 0.2) is 29.2 Å². The summed E-state index contributed by atoms with van der Waals surface area (Å²) in [6.45, 7) is -0.427. The van der Waals surface area contributed by atoms with Gasteiger partial charge >= 0.3 is 0 Å². The summed E-state index contributed by atoms with van der Waals surface area (Å²) in [6, 6.07) is 6.96. The summed E-state index contributed by atoms with van der Waals surface area (Å²) in [7, 11) is 0. The molecule has 0 spiro atoms. The highest BCUT2D eigenvalue weighted by Crippen LogP contribution is 2.33. The molecule has 1 aromatic rings. The van der Waals surface area contributed by atoms with Crippen LogP contribution in [0.4, 0.5) is 5.69 Å². The highest BCUT2D eigenvalue weighted by atomic mass is 32.2. The first-order valence-electron chi connectivity index (χ1n) is 5.85. The molecule has 2 rings (SSSR count). The molecule has 1 fully saturated rings. The predicted molar refractivity (Wildman–Crippen MR) is 70.5 cm³/mol. The van der Waals surface area contributed by atoms with E-state index in [4.69, 9.17) is 15.6 Å². The Morgan fingerprint density at radius 3 is 2.26 bits per heavy atom. The maximum Gasteiger partial charge on any atom is 0.136 e. The van der Waals surface area contributed by atoms with Crippen molar-refractivity contribution >= 4 is 17.4 Å². The van der Waals surface area contributed by atoms with Gasteiger partial charge in [-0.2, -0.15) is 0 Å². The summed E-state index contributed by atoms with van der Waals surface area (Å²) >= 11 is 1.20. The van der Waals surface area contributed by atoms with Crippen molar-refractivity contribution in [3.8, 4) is 0 Å². The van der Waals surface area contributed by atoms with Crippen molar-refractivity contribution in [1.29, 1.82) is 0 Å². The standard InChI is InChI=1S/C12H17NO5S/c13-6-1-3-7(4-2-6)19-12-11(17)10(16)9(15)8(5-14)18-12/h1-4,8-12,14-17H,5,13H2/t8?,9-,10-,11?,12+/m1/s1. The number of anilines is 1. The highest BCUT2D eigenvalue weighted by molar-refractivity contribution is 7.99. The van der Waals surface area contributed by atoms with E-state index >= 15 is 0 Å². The third-order valence-corrected chi connectivity index (χ3v) is 4.15. The molecule has 1 heterocycles. The SMILES string of the molecule is Nc1ccc(S[C@@H]2OC(CO)[C@@H](O)[C@@H](O)C2O)cc1. The lowest BCUT2D eigenvalue weighted by Crippen LogP contribution is -2.57. The highest BCUT2D eigenvalue weighted by Gasteiger charge is 2.43. The fourth-order valence-corrected chi connectivity index (χ4v) is 2.91. The Hall–Kier alpha value is -0.830. The molecule has 7 heteroatoms. The van der Waals surface area contributed by atoms with Crippen LogP contribution in [0.25, 0.3) is 0 Å². The monoisotopic (exact) mass is 287 g/mol. The van der Waals surface area contributed by atoms with E-state index < -0.39 is 36.5 Å². The van der Waals surface area contributed by atoms with Crippen molar-refractivity contribution in [3.63, 3.8) is 0 Å². The van der Waals surface area contributed by atoms with E-state index in [1.54, 1.807) is 24.3 Å². The van der Waals surface area contributed by atoms with Crippen LogP contribution in [0.1, 0.15) is 0 Å². The predicted octanol–water partition coefficient (Wildman–Crippen LogP) is -0.839. The molecule has 106 valence electrons.